The van der Waals surface area contributed by atoms with Crippen LogP contribution in [-0.2, 0) is 4.74 Å². The Bertz CT molecular complexity index is 408. The third-order valence-corrected chi connectivity index (χ3v) is 3.03. The molecule has 0 saturated carbocycles. The Balaban J connectivity index is 2.29. The van der Waals surface area contributed by atoms with Crippen molar-refractivity contribution in [3.63, 3.8) is 0 Å². The highest BCUT2D eigenvalue weighted by molar-refractivity contribution is 5.93. The molecule has 0 radical (unpaired) electrons. The highest BCUT2D eigenvalue weighted by Crippen LogP contribution is 2.26. The van der Waals surface area contributed by atoms with Gasteiger partial charge in [0.2, 0.25) is 0 Å². The first kappa shape index (κ1) is 11.9. The average Bonchev–Trinajstić information content (AvgIpc) is 2.77. The lowest BCUT2D eigenvalue weighted by Crippen LogP contribution is -2.34. The Morgan fingerprint density at radius 1 is 1.71 bits per heavy atom. The van der Waals surface area contributed by atoms with Crippen molar-refractivity contribution >= 4 is 11.8 Å². The number of hydrogen-bond acceptors (Lipinski definition) is 4. The zero-order valence-corrected chi connectivity index (χ0v) is 9.80. The van der Waals surface area contributed by atoms with Crippen LogP contribution < -0.4 is 4.90 Å². The van der Waals surface area contributed by atoms with E-state index in [1.807, 2.05) is 4.90 Å². The number of pyridine rings is 1. The molecule has 1 aliphatic heterocycles. The summed E-state index contributed by atoms with van der Waals surface area (Å²) >= 11 is 0. The van der Waals surface area contributed by atoms with Crippen LogP contribution in [0.1, 0.15) is 23.2 Å². The van der Waals surface area contributed by atoms with Crippen molar-refractivity contribution in [1.29, 1.82) is 0 Å². The van der Waals surface area contributed by atoms with Crippen LogP contribution in [0.25, 0.3) is 0 Å². The van der Waals surface area contributed by atoms with Crippen molar-refractivity contribution < 1.29 is 14.6 Å². The molecule has 0 amide bonds. The van der Waals surface area contributed by atoms with Crippen molar-refractivity contribution in [2.24, 2.45) is 0 Å². The summed E-state index contributed by atoms with van der Waals surface area (Å²) in [5.41, 5.74) is 0.260. The molecule has 1 N–H and O–H groups in total. The third kappa shape index (κ3) is 2.39. The maximum absolute atomic E-state index is 11.1. The minimum atomic E-state index is -0.934. The highest BCUT2D eigenvalue weighted by atomic mass is 16.5. The molecule has 2 heterocycles. The molecule has 1 aromatic rings. The van der Waals surface area contributed by atoms with E-state index >= 15 is 0 Å². The zero-order valence-electron chi connectivity index (χ0n) is 9.80. The van der Waals surface area contributed by atoms with E-state index in [-0.39, 0.29) is 11.6 Å². The smallest absolute Gasteiger partial charge is 0.339 e. The molecule has 5 nitrogen and oxygen atoms in total. The van der Waals surface area contributed by atoms with Crippen LogP contribution in [0.4, 0.5) is 5.82 Å². The summed E-state index contributed by atoms with van der Waals surface area (Å²) < 4.78 is 5.16. The first-order valence-electron chi connectivity index (χ1n) is 5.68. The summed E-state index contributed by atoms with van der Waals surface area (Å²) in [7, 11) is 1.66. The molecular formula is C12H16N2O3. The van der Waals surface area contributed by atoms with Gasteiger partial charge in [-0.2, -0.15) is 0 Å². The lowest BCUT2D eigenvalue weighted by atomic mass is 10.2. The SMILES string of the molecule is COC[C@@H]1CCCN1c1ncccc1C(=O)O. The lowest BCUT2D eigenvalue weighted by molar-refractivity contribution is 0.0697. The highest BCUT2D eigenvalue weighted by Gasteiger charge is 2.28. The van der Waals surface area contributed by atoms with Crippen molar-refractivity contribution in [3.8, 4) is 0 Å². The zero-order chi connectivity index (χ0) is 12.3. The van der Waals surface area contributed by atoms with Gasteiger partial charge in [-0.15, -0.1) is 0 Å². The first-order valence-corrected chi connectivity index (χ1v) is 5.68. The van der Waals surface area contributed by atoms with Crippen LogP contribution in [0.2, 0.25) is 0 Å². The van der Waals surface area contributed by atoms with Gasteiger partial charge < -0.3 is 14.7 Å². The molecular weight excluding hydrogens is 220 g/mol. The second-order valence-corrected chi connectivity index (χ2v) is 4.12. The number of rotatable bonds is 4. The van der Waals surface area contributed by atoms with Gasteiger partial charge in [0.1, 0.15) is 11.4 Å². The predicted octanol–water partition coefficient (Wildman–Crippen LogP) is 1.40. The Morgan fingerprint density at radius 2 is 2.53 bits per heavy atom. The minimum absolute atomic E-state index is 0.230. The number of aromatic carboxylic acids is 1. The maximum atomic E-state index is 11.1. The van der Waals surface area contributed by atoms with Crippen LogP contribution >= 0.6 is 0 Å². The maximum Gasteiger partial charge on any atom is 0.339 e. The molecule has 1 saturated heterocycles. The molecule has 0 unspecified atom stereocenters. The van der Waals surface area contributed by atoms with Crippen LogP contribution in [0, 0.1) is 0 Å². The van der Waals surface area contributed by atoms with E-state index in [1.54, 1.807) is 25.4 Å². The number of hydrogen-bond donors (Lipinski definition) is 1. The van der Waals surface area contributed by atoms with E-state index in [4.69, 9.17) is 9.84 Å². The molecule has 1 aromatic heterocycles. The summed E-state index contributed by atoms with van der Waals surface area (Å²) in [6.07, 6.45) is 3.69. The fraction of sp³-hybridized carbons (Fsp3) is 0.500. The summed E-state index contributed by atoms with van der Waals surface area (Å²) in [5, 5.41) is 9.14. The van der Waals surface area contributed by atoms with E-state index in [2.05, 4.69) is 4.98 Å². The fourth-order valence-electron chi connectivity index (χ4n) is 2.27. The van der Waals surface area contributed by atoms with Crippen molar-refractivity contribution in [2.75, 3.05) is 25.2 Å². The van der Waals surface area contributed by atoms with Gasteiger partial charge in [-0.05, 0) is 25.0 Å². The quantitative estimate of drug-likeness (QED) is 0.856. The number of aromatic nitrogens is 1. The number of carboxylic acid groups (broad SMARTS) is 1. The molecule has 0 spiro atoms. The fourth-order valence-corrected chi connectivity index (χ4v) is 2.27. The number of carbonyl (C=O) groups is 1. The topological polar surface area (TPSA) is 62.7 Å². The van der Waals surface area contributed by atoms with Crippen molar-refractivity contribution in [1.82, 2.24) is 4.98 Å². The number of ether oxygens (including phenoxy) is 1. The van der Waals surface area contributed by atoms with Crippen LogP contribution in [-0.4, -0.2) is 42.4 Å². The predicted molar refractivity (Wildman–Crippen MR) is 63.4 cm³/mol. The molecule has 0 aromatic carbocycles. The normalized spacial score (nSPS) is 19.6. The molecule has 0 aliphatic carbocycles. The number of anilines is 1. The average molecular weight is 236 g/mol. The Labute approximate surface area is 100 Å². The minimum Gasteiger partial charge on any atom is -0.478 e. The van der Waals surface area contributed by atoms with Crippen LogP contribution in [0.5, 0.6) is 0 Å². The summed E-state index contributed by atoms with van der Waals surface area (Å²) in [4.78, 5) is 17.4. The van der Waals surface area contributed by atoms with E-state index < -0.39 is 5.97 Å². The third-order valence-electron chi connectivity index (χ3n) is 3.03. The number of carboxylic acids is 1. The van der Waals surface area contributed by atoms with Crippen LogP contribution in [0.3, 0.4) is 0 Å². The molecule has 5 heteroatoms. The van der Waals surface area contributed by atoms with Crippen LogP contribution in [0.15, 0.2) is 18.3 Å². The van der Waals surface area contributed by atoms with Gasteiger partial charge in [0.25, 0.3) is 0 Å². The van der Waals surface area contributed by atoms with E-state index in [1.165, 1.54) is 0 Å². The monoisotopic (exact) mass is 236 g/mol. The Kier molecular flexibility index (Phi) is 3.58. The van der Waals surface area contributed by atoms with E-state index in [0.717, 1.165) is 19.4 Å². The molecule has 0 bridgehead atoms. The van der Waals surface area contributed by atoms with E-state index in [0.29, 0.717) is 12.4 Å². The lowest BCUT2D eigenvalue weighted by Gasteiger charge is -2.26. The standard InChI is InChI=1S/C12H16N2O3/c1-17-8-9-4-3-7-14(9)11-10(12(15)16)5-2-6-13-11/h2,5-6,9H,3-4,7-8H2,1H3,(H,15,16)/t9-/m0/s1. The van der Waals surface area contributed by atoms with Crippen molar-refractivity contribution in [2.45, 2.75) is 18.9 Å². The first-order chi connectivity index (χ1) is 8.24. The van der Waals surface area contributed by atoms with Gasteiger partial charge >= 0.3 is 5.97 Å². The molecule has 1 aliphatic rings. The number of methoxy groups -OCH3 is 1. The molecule has 1 fully saturated rings. The van der Waals surface area contributed by atoms with Gasteiger partial charge in [0, 0.05) is 19.9 Å². The summed E-state index contributed by atoms with van der Waals surface area (Å²) in [5.74, 6) is -0.379. The van der Waals surface area contributed by atoms with Gasteiger partial charge in [0.05, 0.1) is 12.6 Å². The van der Waals surface area contributed by atoms with Gasteiger partial charge in [0.15, 0.2) is 0 Å². The molecule has 2 rings (SSSR count). The summed E-state index contributed by atoms with van der Waals surface area (Å²) in [6, 6.07) is 3.47. The van der Waals surface area contributed by atoms with Crippen molar-refractivity contribution in [3.05, 3.63) is 23.9 Å². The Morgan fingerprint density at radius 3 is 3.24 bits per heavy atom. The Hall–Kier alpha value is -1.62. The van der Waals surface area contributed by atoms with Gasteiger partial charge in [-0.1, -0.05) is 0 Å². The summed E-state index contributed by atoms with van der Waals surface area (Å²) in [6.45, 7) is 1.45. The van der Waals surface area contributed by atoms with Gasteiger partial charge in [-0.25, -0.2) is 9.78 Å². The molecule has 92 valence electrons. The molecule has 17 heavy (non-hydrogen) atoms. The van der Waals surface area contributed by atoms with Gasteiger partial charge in [-0.3, -0.25) is 0 Å². The second kappa shape index (κ2) is 5.14. The largest absolute Gasteiger partial charge is 0.478 e. The molecule has 1 atom stereocenters. The number of nitrogens with zero attached hydrogens (tertiary/aromatic N) is 2. The second-order valence-electron chi connectivity index (χ2n) is 4.12. The van der Waals surface area contributed by atoms with E-state index in [9.17, 15) is 4.79 Å².